The van der Waals surface area contributed by atoms with Crippen LogP contribution in [-0.2, 0) is 28.8 Å². The smallest absolute Gasteiger partial charge is 0.341 e. The van der Waals surface area contributed by atoms with Crippen LogP contribution in [0.2, 0.25) is 0 Å². The zero-order chi connectivity index (χ0) is 22.7. The number of carbonyl (C=O) groups excluding carboxylic acids is 2. The molecular formula is C23H25N3O4S2. The number of amides is 1. The third-order valence-corrected chi connectivity index (χ3v) is 7.35. The summed E-state index contributed by atoms with van der Waals surface area (Å²) in [4.78, 5) is 34.1. The van der Waals surface area contributed by atoms with Crippen molar-refractivity contribution in [1.29, 1.82) is 0 Å². The summed E-state index contributed by atoms with van der Waals surface area (Å²) in [7, 11) is 0. The molecule has 0 radical (unpaired) electrons. The maximum atomic E-state index is 12.6. The van der Waals surface area contributed by atoms with Crippen molar-refractivity contribution in [2.75, 3.05) is 17.7 Å². The van der Waals surface area contributed by atoms with Gasteiger partial charge in [0.25, 0.3) is 0 Å². The molecule has 2 aromatic heterocycles. The predicted octanol–water partition coefficient (Wildman–Crippen LogP) is 4.47. The molecule has 7 nitrogen and oxygen atoms in total. The zero-order valence-electron chi connectivity index (χ0n) is 18.0. The summed E-state index contributed by atoms with van der Waals surface area (Å²) in [5, 5.41) is 13.6. The number of nitrogens with zero attached hydrogens (tertiary/aromatic N) is 1. The molecule has 0 unspecified atom stereocenters. The molecule has 0 atom stereocenters. The van der Waals surface area contributed by atoms with Gasteiger partial charge in [-0.15, -0.1) is 11.3 Å². The Labute approximate surface area is 194 Å². The Hall–Kier alpha value is -2.78. The number of aromatic amines is 1. The number of phenolic OH excluding ortho intramolecular Hbond substituents is 1. The highest BCUT2D eigenvalue weighted by atomic mass is 32.2. The van der Waals surface area contributed by atoms with Crippen molar-refractivity contribution in [1.82, 2.24) is 9.97 Å². The van der Waals surface area contributed by atoms with Crippen LogP contribution in [-0.4, -0.2) is 39.3 Å². The molecule has 1 aliphatic rings. The molecule has 4 rings (SSSR count). The highest BCUT2D eigenvalue weighted by Gasteiger charge is 2.28. The fraction of sp³-hybridized carbons (Fsp3) is 0.348. The minimum Gasteiger partial charge on any atom is -0.508 e. The molecule has 168 valence electrons. The third-order valence-electron chi connectivity index (χ3n) is 5.27. The molecule has 0 saturated heterocycles. The first kappa shape index (κ1) is 22.4. The summed E-state index contributed by atoms with van der Waals surface area (Å²) in [5.74, 6) is -0.141. The van der Waals surface area contributed by atoms with E-state index in [9.17, 15) is 14.7 Å². The van der Waals surface area contributed by atoms with Crippen molar-refractivity contribution in [2.24, 2.45) is 0 Å². The van der Waals surface area contributed by atoms with Crippen molar-refractivity contribution >= 4 is 40.0 Å². The minimum absolute atomic E-state index is 0.177. The van der Waals surface area contributed by atoms with Gasteiger partial charge in [0.1, 0.15) is 10.8 Å². The average Bonchev–Trinajstić information content (AvgIpc) is 3.43. The van der Waals surface area contributed by atoms with Gasteiger partial charge < -0.3 is 20.1 Å². The number of ether oxygens (including phenoxy) is 1. The third kappa shape index (κ3) is 4.99. The van der Waals surface area contributed by atoms with E-state index in [0.717, 1.165) is 46.7 Å². The van der Waals surface area contributed by atoms with E-state index in [1.54, 1.807) is 19.1 Å². The van der Waals surface area contributed by atoms with Crippen molar-refractivity contribution in [3.05, 3.63) is 57.2 Å². The van der Waals surface area contributed by atoms with Crippen LogP contribution < -0.4 is 5.32 Å². The molecule has 1 amide bonds. The van der Waals surface area contributed by atoms with E-state index in [2.05, 4.69) is 15.3 Å². The number of anilines is 1. The first-order chi connectivity index (χ1) is 15.4. The number of H-pyrrole nitrogens is 1. The van der Waals surface area contributed by atoms with Crippen LogP contribution in [0.4, 0.5) is 5.00 Å². The average molecular weight is 472 g/mol. The number of benzene rings is 1. The second-order valence-electron chi connectivity index (χ2n) is 7.58. The van der Waals surface area contributed by atoms with E-state index in [4.69, 9.17) is 4.74 Å². The molecule has 0 saturated carbocycles. The zero-order valence-corrected chi connectivity index (χ0v) is 19.6. The Kier molecular flexibility index (Phi) is 6.86. The lowest BCUT2D eigenvalue weighted by molar-refractivity contribution is -0.113. The number of thioether (sulfide) groups is 1. The van der Waals surface area contributed by atoms with Gasteiger partial charge in [-0.05, 0) is 56.4 Å². The normalized spacial score (nSPS) is 12.6. The second kappa shape index (κ2) is 9.79. The lowest BCUT2D eigenvalue weighted by atomic mass is 10.1. The van der Waals surface area contributed by atoms with Crippen LogP contribution in [0.15, 0.2) is 29.4 Å². The molecule has 32 heavy (non-hydrogen) atoms. The summed E-state index contributed by atoms with van der Waals surface area (Å²) < 4.78 is 5.22. The van der Waals surface area contributed by atoms with Gasteiger partial charge in [0.15, 0.2) is 5.16 Å². The van der Waals surface area contributed by atoms with Crippen LogP contribution in [0.25, 0.3) is 0 Å². The van der Waals surface area contributed by atoms with Gasteiger partial charge in [-0.1, -0.05) is 23.9 Å². The van der Waals surface area contributed by atoms with Crippen LogP contribution in [0.3, 0.4) is 0 Å². The number of esters is 1. The molecule has 2 heterocycles. The fourth-order valence-corrected chi connectivity index (χ4v) is 5.76. The lowest BCUT2D eigenvalue weighted by Gasteiger charge is -2.07. The number of rotatable bonds is 8. The maximum absolute atomic E-state index is 12.6. The van der Waals surface area contributed by atoms with Gasteiger partial charge >= 0.3 is 5.97 Å². The van der Waals surface area contributed by atoms with Crippen LogP contribution in [0.5, 0.6) is 5.75 Å². The van der Waals surface area contributed by atoms with Gasteiger partial charge in [0.05, 0.1) is 23.6 Å². The predicted molar refractivity (Wildman–Crippen MR) is 126 cm³/mol. The molecule has 0 aliphatic heterocycles. The number of aromatic nitrogens is 2. The van der Waals surface area contributed by atoms with E-state index in [-0.39, 0.29) is 23.4 Å². The van der Waals surface area contributed by atoms with E-state index < -0.39 is 0 Å². The van der Waals surface area contributed by atoms with Crippen LogP contribution >= 0.6 is 23.1 Å². The van der Waals surface area contributed by atoms with Gasteiger partial charge in [0.2, 0.25) is 5.91 Å². The molecule has 0 spiro atoms. The molecular weight excluding hydrogens is 446 g/mol. The van der Waals surface area contributed by atoms with Crippen LogP contribution in [0, 0.1) is 6.92 Å². The molecule has 1 aromatic carbocycles. The van der Waals surface area contributed by atoms with E-state index >= 15 is 0 Å². The SMILES string of the molecule is CCOC(=O)c1c(NC(=O)CSc2nc(Cc3ccc(O)cc3)c(C)[nH]2)sc2c1CCC2. The van der Waals surface area contributed by atoms with Gasteiger partial charge in [-0.2, -0.15) is 0 Å². The standard InChI is InChI=1S/C23H25N3O4S2/c1-3-30-22(29)20-16-5-4-6-18(16)32-21(20)26-19(28)12-31-23-24-13(2)17(25-23)11-14-7-9-15(27)10-8-14/h7-10,27H,3-6,11-12H2,1-2H3,(H,24,25)(H,26,28). The number of thiophene rings is 1. The summed E-state index contributed by atoms with van der Waals surface area (Å²) >= 11 is 2.80. The number of hydrogen-bond donors (Lipinski definition) is 3. The fourth-order valence-electron chi connectivity index (χ4n) is 3.72. The van der Waals surface area contributed by atoms with E-state index in [1.165, 1.54) is 23.1 Å². The Balaban J connectivity index is 1.39. The van der Waals surface area contributed by atoms with Gasteiger partial charge in [-0.25, -0.2) is 9.78 Å². The minimum atomic E-state index is -0.365. The largest absolute Gasteiger partial charge is 0.508 e. The molecule has 3 N–H and O–H groups in total. The molecule has 1 aliphatic carbocycles. The summed E-state index contributed by atoms with van der Waals surface area (Å²) in [6, 6.07) is 7.04. The monoisotopic (exact) mass is 471 g/mol. The van der Waals surface area contributed by atoms with Crippen molar-refractivity contribution in [3.8, 4) is 5.75 Å². The number of carbonyl (C=O) groups is 2. The summed E-state index contributed by atoms with van der Waals surface area (Å²) in [6.45, 7) is 4.03. The van der Waals surface area contributed by atoms with Crippen LogP contribution in [0.1, 0.15) is 51.1 Å². The summed E-state index contributed by atoms with van der Waals surface area (Å²) in [6.07, 6.45) is 3.45. The number of aromatic hydroxyl groups is 1. The number of phenols is 1. The first-order valence-electron chi connectivity index (χ1n) is 10.5. The highest BCUT2D eigenvalue weighted by Crippen LogP contribution is 2.39. The molecule has 9 heteroatoms. The molecule has 3 aromatic rings. The summed E-state index contributed by atoms with van der Waals surface area (Å²) in [5.41, 5.74) is 4.44. The van der Waals surface area contributed by atoms with Gasteiger partial charge in [-0.3, -0.25) is 4.79 Å². The molecule has 0 bridgehead atoms. The number of nitrogens with one attached hydrogen (secondary N) is 2. The Morgan fingerprint density at radius 3 is 2.81 bits per heavy atom. The maximum Gasteiger partial charge on any atom is 0.341 e. The van der Waals surface area contributed by atoms with E-state index in [0.29, 0.717) is 28.7 Å². The van der Waals surface area contributed by atoms with Gasteiger partial charge in [0, 0.05) is 17.0 Å². The molecule has 0 fully saturated rings. The number of hydrogen-bond acceptors (Lipinski definition) is 7. The van der Waals surface area contributed by atoms with Crippen molar-refractivity contribution < 1.29 is 19.4 Å². The first-order valence-corrected chi connectivity index (χ1v) is 12.3. The number of aryl methyl sites for hydroxylation is 2. The van der Waals surface area contributed by atoms with E-state index in [1.807, 2.05) is 19.1 Å². The Morgan fingerprint density at radius 1 is 1.28 bits per heavy atom. The number of fused-ring (bicyclic) bond motifs is 1. The second-order valence-corrected chi connectivity index (χ2v) is 9.64. The topological polar surface area (TPSA) is 104 Å². The van der Waals surface area contributed by atoms with Crippen molar-refractivity contribution in [2.45, 2.75) is 44.7 Å². The Bertz CT molecular complexity index is 1140. The highest BCUT2D eigenvalue weighted by molar-refractivity contribution is 7.99. The quantitative estimate of drug-likeness (QED) is 0.331. The van der Waals surface area contributed by atoms with Crippen molar-refractivity contribution in [3.63, 3.8) is 0 Å². The Morgan fingerprint density at radius 2 is 2.06 bits per heavy atom. The number of imidazole rings is 1. The lowest BCUT2D eigenvalue weighted by Crippen LogP contribution is -2.16.